The molecule has 0 saturated carbocycles. The number of nitriles is 1. The molecular formula is C16H15F3N4O3. The van der Waals surface area contributed by atoms with Crippen molar-refractivity contribution >= 4 is 5.82 Å². The van der Waals surface area contributed by atoms with Crippen molar-refractivity contribution in [3.63, 3.8) is 0 Å². The third kappa shape index (κ3) is 4.24. The summed E-state index contributed by atoms with van der Waals surface area (Å²) in [6.45, 7) is -1.24. The zero-order valence-corrected chi connectivity index (χ0v) is 13.9. The van der Waals surface area contributed by atoms with Gasteiger partial charge < -0.3 is 10.1 Å². The van der Waals surface area contributed by atoms with Gasteiger partial charge in [0, 0.05) is 20.6 Å². The number of anilines is 1. The van der Waals surface area contributed by atoms with Crippen LogP contribution in [0.3, 0.4) is 0 Å². The number of nitrogens with one attached hydrogen (secondary N) is 1. The maximum atomic E-state index is 12.1. The molecule has 0 saturated heterocycles. The Balaban J connectivity index is 2.16. The topological polar surface area (TPSA) is 89.1 Å². The van der Waals surface area contributed by atoms with E-state index in [0.29, 0.717) is 5.56 Å². The smallest absolute Gasteiger partial charge is 0.422 e. The number of rotatable bonds is 5. The van der Waals surface area contributed by atoms with Crippen LogP contribution < -0.4 is 21.3 Å². The molecule has 26 heavy (non-hydrogen) atoms. The molecule has 7 nitrogen and oxygen atoms in total. The summed E-state index contributed by atoms with van der Waals surface area (Å²) in [5, 5.41) is 12.0. The van der Waals surface area contributed by atoms with E-state index in [0.717, 1.165) is 9.13 Å². The van der Waals surface area contributed by atoms with Crippen molar-refractivity contribution in [3.05, 3.63) is 56.2 Å². The molecule has 0 bridgehead atoms. The molecular weight excluding hydrogens is 353 g/mol. The first-order valence-corrected chi connectivity index (χ1v) is 7.36. The lowest BCUT2D eigenvalue weighted by molar-refractivity contribution is -0.153. The highest BCUT2D eigenvalue weighted by atomic mass is 19.4. The van der Waals surface area contributed by atoms with Crippen molar-refractivity contribution in [3.8, 4) is 11.8 Å². The Morgan fingerprint density at radius 2 is 1.77 bits per heavy atom. The minimum atomic E-state index is -4.42. The molecule has 138 valence electrons. The summed E-state index contributed by atoms with van der Waals surface area (Å²) < 4.78 is 42.9. The first kappa shape index (κ1) is 19.1. The predicted octanol–water partition coefficient (Wildman–Crippen LogP) is 1.51. The third-order valence-corrected chi connectivity index (χ3v) is 3.56. The van der Waals surface area contributed by atoms with Gasteiger partial charge in [-0.2, -0.15) is 18.4 Å². The molecule has 0 aliphatic rings. The van der Waals surface area contributed by atoms with Gasteiger partial charge in [-0.1, -0.05) is 12.1 Å². The van der Waals surface area contributed by atoms with Crippen molar-refractivity contribution in [1.29, 1.82) is 5.26 Å². The Morgan fingerprint density at radius 3 is 2.31 bits per heavy atom. The van der Waals surface area contributed by atoms with Gasteiger partial charge in [-0.3, -0.25) is 13.9 Å². The molecule has 1 aromatic heterocycles. The quantitative estimate of drug-likeness (QED) is 0.864. The molecule has 0 radical (unpaired) electrons. The highest BCUT2D eigenvalue weighted by Gasteiger charge is 2.28. The van der Waals surface area contributed by atoms with Crippen molar-refractivity contribution in [2.75, 3.05) is 11.9 Å². The van der Waals surface area contributed by atoms with E-state index in [9.17, 15) is 28.0 Å². The Labute approximate surface area is 145 Å². The van der Waals surface area contributed by atoms with Crippen molar-refractivity contribution in [1.82, 2.24) is 9.13 Å². The van der Waals surface area contributed by atoms with Crippen LogP contribution in [0.1, 0.15) is 11.1 Å². The van der Waals surface area contributed by atoms with E-state index in [-0.39, 0.29) is 23.7 Å². The summed E-state index contributed by atoms with van der Waals surface area (Å²) in [7, 11) is 2.69. The van der Waals surface area contributed by atoms with E-state index in [1.54, 1.807) is 6.07 Å². The summed E-state index contributed by atoms with van der Waals surface area (Å²) in [5.74, 6) is 0.128. The van der Waals surface area contributed by atoms with Gasteiger partial charge in [-0.25, -0.2) is 4.79 Å². The van der Waals surface area contributed by atoms with Crippen LogP contribution >= 0.6 is 0 Å². The van der Waals surface area contributed by atoms with E-state index in [4.69, 9.17) is 0 Å². The molecule has 1 aromatic carbocycles. The fourth-order valence-corrected chi connectivity index (χ4v) is 2.21. The Morgan fingerprint density at radius 1 is 1.15 bits per heavy atom. The van der Waals surface area contributed by atoms with Crippen molar-refractivity contribution in [2.24, 2.45) is 14.1 Å². The number of nitrogens with zero attached hydrogens (tertiary/aromatic N) is 3. The molecule has 0 fully saturated rings. The van der Waals surface area contributed by atoms with Crippen LogP contribution in [0, 0.1) is 11.3 Å². The van der Waals surface area contributed by atoms with Gasteiger partial charge in [0.25, 0.3) is 5.56 Å². The molecule has 0 spiro atoms. The number of aromatic nitrogens is 2. The largest absolute Gasteiger partial charge is 0.484 e. The van der Waals surface area contributed by atoms with Gasteiger partial charge in [0.1, 0.15) is 17.6 Å². The number of alkyl halides is 3. The zero-order chi connectivity index (χ0) is 19.5. The first-order chi connectivity index (χ1) is 12.1. The molecule has 0 amide bonds. The molecule has 0 aliphatic heterocycles. The van der Waals surface area contributed by atoms with Crippen LogP contribution in [0.4, 0.5) is 19.0 Å². The van der Waals surface area contributed by atoms with Crippen LogP contribution in [0.5, 0.6) is 5.75 Å². The summed E-state index contributed by atoms with van der Waals surface area (Å²) in [4.78, 5) is 23.9. The molecule has 0 atom stereocenters. The van der Waals surface area contributed by atoms with Gasteiger partial charge in [0.2, 0.25) is 0 Å². The van der Waals surface area contributed by atoms with Crippen LogP contribution in [0.25, 0.3) is 0 Å². The third-order valence-electron chi connectivity index (χ3n) is 3.56. The summed E-state index contributed by atoms with van der Waals surface area (Å²) in [6.07, 6.45) is -4.42. The van der Waals surface area contributed by atoms with E-state index in [2.05, 4.69) is 10.1 Å². The fraction of sp³-hybridized carbons (Fsp3) is 0.312. The second kappa shape index (κ2) is 7.35. The van der Waals surface area contributed by atoms with Crippen molar-refractivity contribution < 1.29 is 17.9 Å². The highest BCUT2D eigenvalue weighted by molar-refractivity contribution is 5.51. The fourth-order valence-electron chi connectivity index (χ4n) is 2.21. The Hall–Kier alpha value is -3.22. The molecule has 10 heteroatoms. The van der Waals surface area contributed by atoms with E-state index >= 15 is 0 Å². The monoisotopic (exact) mass is 368 g/mol. The maximum absolute atomic E-state index is 12.1. The van der Waals surface area contributed by atoms with Crippen LogP contribution in [0.15, 0.2) is 33.9 Å². The zero-order valence-electron chi connectivity index (χ0n) is 13.9. The van der Waals surface area contributed by atoms with Gasteiger partial charge >= 0.3 is 11.9 Å². The van der Waals surface area contributed by atoms with E-state index < -0.39 is 24.0 Å². The lowest BCUT2D eigenvalue weighted by Crippen LogP contribution is -2.39. The minimum absolute atomic E-state index is 0.0600. The van der Waals surface area contributed by atoms with Crippen LogP contribution in [-0.2, 0) is 20.6 Å². The van der Waals surface area contributed by atoms with E-state index in [1.807, 2.05) is 0 Å². The van der Waals surface area contributed by atoms with Gasteiger partial charge in [-0.15, -0.1) is 0 Å². The van der Waals surface area contributed by atoms with Crippen LogP contribution in [0.2, 0.25) is 0 Å². The standard InChI is InChI=1S/C16H15F3N4O3/c1-22-13(12(7-20)14(24)23(2)15(22)25)21-8-10-3-5-11(6-4-10)26-9-16(17,18)19/h3-6,21H,8-9H2,1-2H3. The van der Waals surface area contributed by atoms with Crippen LogP contribution in [-0.4, -0.2) is 21.9 Å². The molecule has 1 N–H and O–H groups in total. The Bertz CT molecular complexity index is 953. The summed E-state index contributed by atoms with van der Waals surface area (Å²) in [5.41, 5.74) is -0.859. The van der Waals surface area contributed by atoms with Crippen molar-refractivity contribution in [2.45, 2.75) is 12.7 Å². The van der Waals surface area contributed by atoms with Gasteiger partial charge in [0.05, 0.1) is 0 Å². The number of ether oxygens (including phenoxy) is 1. The number of hydrogen-bond acceptors (Lipinski definition) is 5. The molecule has 2 aromatic rings. The van der Waals surface area contributed by atoms with E-state index in [1.165, 1.54) is 38.4 Å². The predicted molar refractivity (Wildman–Crippen MR) is 87.0 cm³/mol. The average molecular weight is 368 g/mol. The summed E-state index contributed by atoms with van der Waals surface area (Å²) in [6, 6.07) is 7.57. The Kier molecular flexibility index (Phi) is 5.40. The second-order valence-corrected chi connectivity index (χ2v) is 5.44. The lowest BCUT2D eigenvalue weighted by atomic mass is 10.2. The average Bonchev–Trinajstić information content (AvgIpc) is 2.60. The lowest BCUT2D eigenvalue weighted by Gasteiger charge is -2.14. The molecule has 0 unspecified atom stereocenters. The molecule has 1 heterocycles. The minimum Gasteiger partial charge on any atom is -0.484 e. The van der Waals surface area contributed by atoms with Gasteiger partial charge in [-0.05, 0) is 17.7 Å². The number of halogens is 3. The second-order valence-electron chi connectivity index (χ2n) is 5.44. The summed E-state index contributed by atoms with van der Waals surface area (Å²) >= 11 is 0. The SMILES string of the molecule is Cn1c(NCc2ccc(OCC(F)(F)F)cc2)c(C#N)c(=O)n(C)c1=O. The first-order valence-electron chi connectivity index (χ1n) is 7.36. The normalized spacial score (nSPS) is 11.1. The number of benzene rings is 1. The van der Waals surface area contributed by atoms with Gasteiger partial charge in [0.15, 0.2) is 12.2 Å². The molecule has 2 rings (SSSR count). The highest BCUT2D eigenvalue weighted by Crippen LogP contribution is 2.19. The number of hydrogen-bond donors (Lipinski definition) is 1. The maximum Gasteiger partial charge on any atom is 0.422 e. The molecule has 0 aliphatic carbocycles.